The van der Waals surface area contributed by atoms with E-state index in [0.717, 1.165) is 5.01 Å². The molecule has 1 atom stereocenters. The number of nitrogens with zero attached hydrogens (tertiary/aromatic N) is 2. The summed E-state index contributed by atoms with van der Waals surface area (Å²) in [6.07, 6.45) is 1.76. The number of benzene rings is 2. The molecule has 1 aliphatic rings. The van der Waals surface area contributed by atoms with Crippen molar-refractivity contribution >= 4 is 18.2 Å². The summed E-state index contributed by atoms with van der Waals surface area (Å²) < 4.78 is 16.0. The number of methoxy groups -OCH3 is 3. The fourth-order valence-corrected chi connectivity index (χ4v) is 3.30. The largest absolute Gasteiger partial charge is 0.496 e. The normalized spacial score (nSPS) is 18.8. The van der Waals surface area contributed by atoms with E-state index in [9.17, 15) is 9.59 Å². The van der Waals surface area contributed by atoms with Crippen LogP contribution >= 0.6 is 0 Å². The standard InChI is InChI=1S/C21H23N3O5/c1-5-21(14-9-7-6-8-10-14)19(25)24(20(26)23-21)22-13-16-17(28-3)11-15(27-2)12-18(16)29-4/h6-13H,5H2,1-4H3,(H,23,26)/t21-/m0/s1. The Balaban J connectivity index is 1.98. The predicted molar refractivity (Wildman–Crippen MR) is 107 cm³/mol. The number of hydrogen-bond acceptors (Lipinski definition) is 6. The summed E-state index contributed by atoms with van der Waals surface area (Å²) in [5.74, 6) is 0.961. The number of ether oxygens (including phenoxy) is 3. The average molecular weight is 397 g/mol. The first-order chi connectivity index (χ1) is 14.0. The van der Waals surface area contributed by atoms with Gasteiger partial charge in [-0.15, -0.1) is 5.01 Å². The van der Waals surface area contributed by atoms with Crippen molar-refractivity contribution in [2.75, 3.05) is 21.3 Å². The second kappa shape index (κ2) is 8.22. The molecule has 2 aromatic carbocycles. The van der Waals surface area contributed by atoms with E-state index < -0.39 is 17.5 Å². The monoisotopic (exact) mass is 397 g/mol. The van der Waals surface area contributed by atoms with Crippen molar-refractivity contribution in [3.63, 3.8) is 0 Å². The molecule has 1 N–H and O–H groups in total. The van der Waals surface area contributed by atoms with E-state index in [2.05, 4.69) is 10.4 Å². The fraction of sp³-hybridized carbons (Fsp3) is 0.286. The first kappa shape index (κ1) is 20.2. The van der Waals surface area contributed by atoms with Crippen molar-refractivity contribution in [2.45, 2.75) is 18.9 Å². The first-order valence-corrected chi connectivity index (χ1v) is 9.07. The van der Waals surface area contributed by atoms with E-state index in [1.54, 1.807) is 12.1 Å². The van der Waals surface area contributed by atoms with E-state index in [1.165, 1.54) is 27.5 Å². The van der Waals surface area contributed by atoms with E-state index in [0.29, 0.717) is 34.8 Å². The third-order valence-electron chi connectivity index (χ3n) is 4.92. The number of amides is 3. The lowest BCUT2D eigenvalue weighted by Gasteiger charge is -2.24. The number of nitrogens with one attached hydrogen (secondary N) is 1. The maximum absolute atomic E-state index is 13.1. The van der Waals surface area contributed by atoms with Crippen LogP contribution in [0.4, 0.5) is 4.79 Å². The average Bonchev–Trinajstić information content (AvgIpc) is 3.02. The lowest BCUT2D eigenvalue weighted by molar-refractivity contribution is -0.131. The number of carbonyl (C=O) groups excluding carboxylic acids is 2. The minimum absolute atomic E-state index is 0.392. The highest BCUT2D eigenvalue weighted by Crippen LogP contribution is 2.34. The molecular weight excluding hydrogens is 374 g/mol. The van der Waals surface area contributed by atoms with Crippen LogP contribution in [0.1, 0.15) is 24.5 Å². The summed E-state index contributed by atoms with van der Waals surface area (Å²) in [7, 11) is 4.52. The Kier molecular flexibility index (Phi) is 5.72. The zero-order valence-electron chi connectivity index (χ0n) is 16.8. The van der Waals surface area contributed by atoms with Crippen molar-refractivity contribution in [1.82, 2.24) is 10.3 Å². The molecule has 1 fully saturated rings. The van der Waals surface area contributed by atoms with Crippen LogP contribution in [0.25, 0.3) is 0 Å². The highest BCUT2D eigenvalue weighted by Gasteiger charge is 2.51. The third-order valence-corrected chi connectivity index (χ3v) is 4.92. The van der Waals surface area contributed by atoms with Gasteiger partial charge in [-0.1, -0.05) is 37.3 Å². The van der Waals surface area contributed by atoms with Gasteiger partial charge in [0.15, 0.2) is 0 Å². The minimum atomic E-state index is -1.15. The van der Waals surface area contributed by atoms with Gasteiger partial charge in [0, 0.05) is 12.1 Å². The Labute approximate surface area is 169 Å². The molecule has 8 heteroatoms. The highest BCUT2D eigenvalue weighted by atomic mass is 16.5. The van der Waals surface area contributed by atoms with Crippen LogP contribution in [0.5, 0.6) is 17.2 Å². The van der Waals surface area contributed by atoms with Crippen molar-refractivity contribution in [2.24, 2.45) is 5.10 Å². The van der Waals surface area contributed by atoms with Crippen LogP contribution in [-0.2, 0) is 10.3 Å². The molecule has 2 aromatic rings. The van der Waals surface area contributed by atoms with Gasteiger partial charge in [-0.25, -0.2) is 4.79 Å². The zero-order chi connectivity index (χ0) is 21.0. The Hall–Kier alpha value is -3.55. The van der Waals surface area contributed by atoms with Crippen LogP contribution in [-0.4, -0.2) is 44.5 Å². The maximum atomic E-state index is 13.1. The second-order valence-corrected chi connectivity index (χ2v) is 6.36. The van der Waals surface area contributed by atoms with Crippen molar-refractivity contribution in [3.8, 4) is 17.2 Å². The molecule has 3 rings (SSSR count). The number of rotatable bonds is 7. The third kappa shape index (κ3) is 3.49. The highest BCUT2D eigenvalue weighted by molar-refractivity contribution is 6.08. The van der Waals surface area contributed by atoms with Crippen LogP contribution in [0.2, 0.25) is 0 Å². The van der Waals surface area contributed by atoms with E-state index in [-0.39, 0.29) is 0 Å². The van der Waals surface area contributed by atoms with Gasteiger partial charge >= 0.3 is 6.03 Å². The summed E-state index contributed by atoms with van der Waals surface area (Å²) in [6, 6.07) is 11.9. The lowest BCUT2D eigenvalue weighted by Crippen LogP contribution is -2.43. The van der Waals surface area contributed by atoms with Crippen LogP contribution in [0.15, 0.2) is 47.6 Å². The topological polar surface area (TPSA) is 89.5 Å². The number of carbonyl (C=O) groups is 2. The molecular formula is C21H23N3O5. The summed E-state index contributed by atoms with van der Waals surface area (Å²) >= 11 is 0. The zero-order valence-corrected chi connectivity index (χ0v) is 16.8. The molecule has 0 spiro atoms. The van der Waals surface area contributed by atoms with E-state index in [1.807, 2.05) is 37.3 Å². The van der Waals surface area contributed by atoms with Gasteiger partial charge in [0.05, 0.1) is 33.1 Å². The van der Waals surface area contributed by atoms with Crippen molar-refractivity contribution in [3.05, 3.63) is 53.6 Å². The summed E-state index contributed by atoms with van der Waals surface area (Å²) in [4.78, 5) is 25.7. The molecule has 0 radical (unpaired) electrons. The quantitative estimate of drug-likeness (QED) is 0.573. The first-order valence-electron chi connectivity index (χ1n) is 9.07. The van der Waals surface area contributed by atoms with Crippen LogP contribution < -0.4 is 19.5 Å². The van der Waals surface area contributed by atoms with Crippen LogP contribution in [0.3, 0.4) is 0 Å². The molecule has 0 bridgehead atoms. The SMILES string of the molecule is CC[C@@]1(c2ccccc2)NC(=O)N(N=Cc2c(OC)cc(OC)cc2OC)C1=O. The number of hydrogen-bond donors (Lipinski definition) is 1. The minimum Gasteiger partial charge on any atom is -0.496 e. The summed E-state index contributed by atoms with van der Waals surface area (Å²) in [6.45, 7) is 1.84. The van der Waals surface area contributed by atoms with Gasteiger partial charge in [0.1, 0.15) is 22.8 Å². The Bertz CT molecular complexity index is 920. The van der Waals surface area contributed by atoms with Gasteiger partial charge < -0.3 is 19.5 Å². The molecule has 8 nitrogen and oxygen atoms in total. The number of hydrazone groups is 1. The summed E-state index contributed by atoms with van der Waals surface area (Å²) in [5, 5.41) is 7.76. The molecule has 0 aromatic heterocycles. The Morgan fingerprint density at radius 1 is 1.03 bits per heavy atom. The molecule has 0 saturated carbocycles. The molecule has 1 saturated heterocycles. The lowest BCUT2D eigenvalue weighted by atomic mass is 9.87. The summed E-state index contributed by atoms with van der Waals surface area (Å²) in [5.41, 5.74) is 0.0345. The van der Waals surface area contributed by atoms with Gasteiger partial charge in [-0.2, -0.15) is 5.10 Å². The number of imide groups is 1. The van der Waals surface area contributed by atoms with Gasteiger partial charge in [0.25, 0.3) is 5.91 Å². The maximum Gasteiger partial charge on any atom is 0.346 e. The Morgan fingerprint density at radius 3 is 2.17 bits per heavy atom. The number of urea groups is 1. The van der Waals surface area contributed by atoms with Gasteiger partial charge in [0.2, 0.25) is 0 Å². The second-order valence-electron chi connectivity index (χ2n) is 6.36. The van der Waals surface area contributed by atoms with Gasteiger partial charge in [-0.05, 0) is 12.0 Å². The van der Waals surface area contributed by atoms with Gasteiger partial charge in [-0.3, -0.25) is 4.79 Å². The molecule has 1 heterocycles. The fourth-order valence-electron chi connectivity index (χ4n) is 3.30. The van der Waals surface area contributed by atoms with Crippen LogP contribution in [0, 0.1) is 0 Å². The van der Waals surface area contributed by atoms with Crippen molar-refractivity contribution < 1.29 is 23.8 Å². The van der Waals surface area contributed by atoms with E-state index >= 15 is 0 Å². The Morgan fingerprint density at radius 2 is 1.66 bits per heavy atom. The molecule has 3 amide bonds. The smallest absolute Gasteiger partial charge is 0.346 e. The van der Waals surface area contributed by atoms with Crippen molar-refractivity contribution in [1.29, 1.82) is 0 Å². The predicted octanol–water partition coefficient (Wildman–Crippen LogP) is 2.90. The molecule has 0 unspecified atom stereocenters. The molecule has 29 heavy (non-hydrogen) atoms. The molecule has 0 aliphatic carbocycles. The molecule has 1 aliphatic heterocycles. The molecule has 152 valence electrons. The van der Waals surface area contributed by atoms with E-state index in [4.69, 9.17) is 14.2 Å².